The molecule has 0 aliphatic rings. The van der Waals surface area contributed by atoms with Gasteiger partial charge >= 0.3 is 5.97 Å². The van der Waals surface area contributed by atoms with Gasteiger partial charge in [0, 0.05) is 17.7 Å². The van der Waals surface area contributed by atoms with Gasteiger partial charge in [-0.1, -0.05) is 54.6 Å². The fraction of sp³-hybridized carbons (Fsp3) is 0.160. The second-order valence-electron chi connectivity index (χ2n) is 7.52. The summed E-state index contributed by atoms with van der Waals surface area (Å²) in [6.07, 6.45) is 0. The van der Waals surface area contributed by atoms with Gasteiger partial charge in [-0.15, -0.1) is 10.2 Å². The second-order valence-corrected chi connectivity index (χ2v) is 7.52. The first-order valence-corrected chi connectivity index (χ1v) is 10.00. The average Bonchev–Trinajstić information content (AvgIpc) is 3.24. The maximum absolute atomic E-state index is 10.9. The predicted octanol–water partition coefficient (Wildman–Crippen LogP) is 4.90. The number of carboxylic acid groups (broad SMARTS) is 1. The minimum absolute atomic E-state index is 0.0219. The van der Waals surface area contributed by atoms with Crippen LogP contribution in [0.5, 0.6) is 0 Å². The summed E-state index contributed by atoms with van der Waals surface area (Å²) in [5, 5.41) is 17.5. The third-order valence-corrected chi connectivity index (χ3v) is 5.11. The number of rotatable bonds is 7. The van der Waals surface area contributed by atoms with Crippen LogP contribution in [0, 0.1) is 6.92 Å². The molecule has 1 aromatic heterocycles. The van der Waals surface area contributed by atoms with Crippen LogP contribution in [0.2, 0.25) is 0 Å². The molecule has 31 heavy (non-hydrogen) atoms. The third kappa shape index (κ3) is 4.70. The van der Waals surface area contributed by atoms with Crippen LogP contribution in [-0.4, -0.2) is 39.8 Å². The first-order valence-electron chi connectivity index (χ1n) is 10.00. The zero-order valence-corrected chi connectivity index (χ0v) is 17.4. The van der Waals surface area contributed by atoms with Crippen molar-refractivity contribution in [3.63, 3.8) is 0 Å². The summed E-state index contributed by atoms with van der Waals surface area (Å²) in [5.41, 5.74) is 6.02. The Morgan fingerprint density at radius 1 is 0.903 bits per heavy atom. The monoisotopic (exact) mass is 413 g/mol. The van der Waals surface area contributed by atoms with Crippen molar-refractivity contribution in [3.8, 4) is 34.0 Å². The molecule has 1 N–H and O–H groups in total. The van der Waals surface area contributed by atoms with Gasteiger partial charge in [-0.3, -0.25) is 9.69 Å². The molecule has 156 valence electrons. The molecule has 0 aliphatic heterocycles. The molecule has 1 heterocycles. The number of nitrogens with zero attached hydrogens (tertiary/aromatic N) is 3. The van der Waals surface area contributed by atoms with E-state index in [2.05, 4.69) is 35.3 Å². The molecule has 0 bridgehead atoms. The summed E-state index contributed by atoms with van der Waals surface area (Å²) in [7, 11) is 1.77. The largest absolute Gasteiger partial charge is 0.480 e. The maximum atomic E-state index is 10.9. The number of benzene rings is 3. The van der Waals surface area contributed by atoms with Crippen LogP contribution in [0.1, 0.15) is 11.1 Å². The molecule has 6 heteroatoms. The molecule has 0 atom stereocenters. The minimum atomic E-state index is -0.853. The number of carboxylic acids is 1. The Hall–Kier alpha value is -3.77. The molecule has 3 aromatic carbocycles. The number of carbonyl (C=O) groups is 1. The highest BCUT2D eigenvalue weighted by Crippen LogP contribution is 2.32. The van der Waals surface area contributed by atoms with Gasteiger partial charge in [-0.05, 0) is 54.4 Å². The van der Waals surface area contributed by atoms with Gasteiger partial charge < -0.3 is 9.52 Å². The Labute approximate surface area is 180 Å². The van der Waals surface area contributed by atoms with Crippen LogP contribution in [0.3, 0.4) is 0 Å². The number of aromatic nitrogens is 2. The van der Waals surface area contributed by atoms with E-state index in [0.29, 0.717) is 18.3 Å². The van der Waals surface area contributed by atoms with E-state index in [1.165, 1.54) is 0 Å². The normalized spacial score (nSPS) is 11.1. The number of aliphatic carboxylic acids is 1. The first-order chi connectivity index (χ1) is 15.0. The van der Waals surface area contributed by atoms with Crippen LogP contribution in [0.15, 0.2) is 77.2 Å². The van der Waals surface area contributed by atoms with E-state index in [0.717, 1.165) is 33.4 Å². The lowest BCUT2D eigenvalue weighted by molar-refractivity contribution is -0.138. The number of likely N-dealkylation sites (N-methyl/N-ethyl adjacent to an activating group) is 1. The smallest absolute Gasteiger partial charge is 0.317 e. The van der Waals surface area contributed by atoms with E-state index in [1.54, 1.807) is 11.9 Å². The Morgan fingerprint density at radius 2 is 1.58 bits per heavy atom. The van der Waals surface area contributed by atoms with E-state index in [-0.39, 0.29) is 6.54 Å². The van der Waals surface area contributed by atoms with E-state index in [9.17, 15) is 4.79 Å². The molecule has 0 unspecified atom stereocenters. The minimum Gasteiger partial charge on any atom is -0.480 e. The van der Waals surface area contributed by atoms with Gasteiger partial charge in [0.1, 0.15) is 0 Å². The second kappa shape index (κ2) is 8.93. The van der Waals surface area contributed by atoms with Gasteiger partial charge in [0.25, 0.3) is 0 Å². The highest BCUT2D eigenvalue weighted by Gasteiger charge is 2.15. The SMILES string of the molecule is Cc1c(-c2ccccc2)cccc1-c1nnc(-c2cccc(CN(C)CC(=O)O)c2)o1. The zero-order chi connectivity index (χ0) is 21.8. The Bertz CT molecular complexity index is 1200. The van der Waals surface area contributed by atoms with Crippen molar-refractivity contribution in [1.29, 1.82) is 0 Å². The quantitative estimate of drug-likeness (QED) is 0.464. The van der Waals surface area contributed by atoms with Gasteiger partial charge in [-0.2, -0.15) is 0 Å². The molecule has 4 rings (SSSR count). The van der Waals surface area contributed by atoms with Crippen molar-refractivity contribution in [2.75, 3.05) is 13.6 Å². The third-order valence-electron chi connectivity index (χ3n) is 5.11. The molecular formula is C25H23N3O3. The summed E-state index contributed by atoms with van der Waals surface area (Å²) < 4.78 is 6.02. The summed E-state index contributed by atoms with van der Waals surface area (Å²) >= 11 is 0. The molecule has 4 aromatic rings. The molecule has 0 spiro atoms. The Morgan fingerprint density at radius 3 is 2.35 bits per heavy atom. The van der Waals surface area contributed by atoms with Gasteiger partial charge in [0.15, 0.2) is 0 Å². The molecular weight excluding hydrogens is 390 g/mol. The Balaban J connectivity index is 1.61. The summed E-state index contributed by atoms with van der Waals surface area (Å²) in [6.45, 7) is 2.55. The van der Waals surface area contributed by atoms with E-state index in [4.69, 9.17) is 9.52 Å². The van der Waals surface area contributed by atoms with E-state index >= 15 is 0 Å². The van der Waals surface area contributed by atoms with Crippen molar-refractivity contribution in [3.05, 3.63) is 83.9 Å². The van der Waals surface area contributed by atoms with Crippen LogP contribution in [0.25, 0.3) is 34.0 Å². The molecule has 0 amide bonds. The molecule has 6 nitrogen and oxygen atoms in total. The Kier molecular flexibility index (Phi) is 5.91. The lowest BCUT2D eigenvalue weighted by Crippen LogP contribution is -2.25. The van der Waals surface area contributed by atoms with Crippen LogP contribution < -0.4 is 0 Å². The standard InChI is InChI=1S/C25H23N3O3/c1-17-21(19-9-4-3-5-10-19)12-7-13-22(17)25-27-26-24(31-25)20-11-6-8-18(14-20)15-28(2)16-23(29)30/h3-14H,15-16H2,1-2H3,(H,29,30). The number of hydrogen-bond donors (Lipinski definition) is 1. The van der Waals surface area contributed by atoms with Crippen molar-refractivity contribution >= 4 is 5.97 Å². The molecule has 0 radical (unpaired) electrons. The zero-order valence-electron chi connectivity index (χ0n) is 17.4. The summed E-state index contributed by atoms with van der Waals surface area (Å²) in [4.78, 5) is 12.6. The van der Waals surface area contributed by atoms with Gasteiger partial charge in [0.05, 0.1) is 6.54 Å². The first kappa shape index (κ1) is 20.5. The van der Waals surface area contributed by atoms with Crippen molar-refractivity contribution in [1.82, 2.24) is 15.1 Å². The molecule has 0 saturated carbocycles. The van der Waals surface area contributed by atoms with Crippen LogP contribution in [0.4, 0.5) is 0 Å². The lowest BCUT2D eigenvalue weighted by atomic mass is 9.96. The highest BCUT2D eigenvalue weighted by molar-refractivity contribution is 5.75. The summed E-state index contributed by atoms with van der Waals surface area (Å²) in [5.74, 6) is 0.0502. The van der Waals surface area contributed by atoms with Crippen molar-refractivity contribution < 1.29 is 14.3 Å². The molecule has 0 aliphatic carbocycles. The van der Waals surface area contributed by atoms with E-state index < -0.39 is 5.97 Å². The molecule has 0 fully saturated rings. The van der Waals surface area contributed by atoms with Gasteiger partial charge in [0.2, 0.25) is 11.8 Å². The van der Waals surface area contributed by atoms with Gasteiger partial charge in [-0.25, -0.2) is 0 Å². The van der Waals surface area contributed by atoms with Crippen LogP contribution in [-0.2, 0) is 11.3 Å². The van der Waals surface area contributed by atoms with Crippen LogP contribution >= 0.6 is 0 Å². The van der Waals surface area contributed by atoms with E-state index in [1.807, 2.05) is 54.6 Å². The topological polar surface area (TPSA) is 79.5 Å². The average molecular weight is 413 g/mol. The lowest BCUT2D eigenvalue weighted by Gasteiger charge is -2.14. The maximum Gasteiger partial charge on any atom is 0.317 e. The van der Waals surface area contributed by atoms with Crippen molar-refractivity contribution in [2.45, 2.75) is 13.5 Å². The molecule has 0 saturated heterocycles. The van der Waals surface area contributed by atoms with Crippen molar-refractivity contribution in [2.24, 2.45) is 0 Å². The number of hydrogen-bond acceptors (Lipinski definition) is 5. The predicted molar refractivity (Wildman–Crippen MR) is 119 cm³/mol. The fourth-order valence-electron chi connectivity index (χ4n) is 3.65. The fourth-order valence-corrected chi connectivity index (χ4v) is 3.65. The summed E-state index contributed by atoms with van der Waals surface area (Å²) in [6, 6.07) is 24.0. The highest BCUT2D eigenvalue weighted by atomic mass is 16.4.